The van der Waals surface area contributed by atoms with E-state index < -0.39 is 0 Å². The van der Waals surface area contributed by atoms with Gasteiger partial charge < -0.3 is 15.4 Å². The summed E-state index contributed by atoms with van der Waals surface area (Å²) in [6.45, 7) is 1.46. The minimum absolute atomic E-state index is 0.0561. The average Bonchev–Trinajstić information content (AvgIpc) is 2.85. The first-order valence-electron chi connectivity index (χ1n) is 6.65. The molecular weight excluding hydrogens is 274 g/mol. The minimum atomic E-state index is 0.0561. The van der Waals surface area contributed by atoms with Gasteiger partial charge >= 0.3 is 0 Å². The molecule has 0 aliphatic carbocycles. The highest BCUT2D eigenvalue weighted by Gasteiger charge is 2.24. The second-order valence-electron chi connectivity index (χ2n) is 4.99. The lowest BCUT2D eigenvalue weighted by molar-refractivity contribution is 0.0269. The van der Waals surface area contributed by atoms with Gasteiger partial charge in [0.05, 0.1) is 16.3 Å². The van der Waals surface area contributed by atoms with Gasteiger partial charge in [-0.05, 0) is 31.0 Å². The number of likely N-dealkylation sites (tertiary alicyclic amines) is 1. The van der Waals surface area contributed by atoms with Gasteiger partial charge in [0.2, 0.25) is 0 Å². The van der Waals surface area contributed by atoms with Crippen molar-refractivity contribution in [2.24, 2.45) is 0 Å². The van der Waals surface area contributed by atoms with Crippen molar-refractivity contribution in [3.63, 3.8) is 0 Å². The Morgan fingerprint density at radius 1 is 1.55 bits per heavy atom. The van der Waals surface area contributed by atoms with E-state index in [4.69, 9.17) is 10.5 Å². The van der Waals surface area contributed by atoms with Gasteiger partial charge in [-0.2, -0.15) is 0 Å². The Bertz CT molecular complexity index is 640. The number of aromatic nitrogens is 1. The number of nitrogen functional groups attached to an aromatic ring is 1. The van der Waals surface area contributed by atoms with Gasteiger partial charge in [-0.1, -0.05) is 11.3 Å². The van der Waals surface area contributed by atoms with Crippen LogP contribution in [0.3, 0.4) is 0 Å². The molecule has 1 aromatic heterocycles. The summed E-state index contributed by atoms with van der Waals surface area (Å²) in [5.41, 5.74) is 7.23. The summed E-state index contributed by atoms with van der Waals surface area (Å²) in [4.78, 5) is 18.6. The number of nitrogens with zero attached hydrogens (tertiary/aromatic N) is 2. The fraction of sp³-hybridized carbons (Fsp3) is 0.429. The van der Waals surface area contributed by atoms with Crippen LogP contribution < -0.4 is 5.73 Å². The molecule has 5 nitrogen and oxygen atoms in total. The first-order chi connectivity index (χ1) is 9.67. The SMILES string of the molecule is COC1CCCN(C(=O)c2ccc3nc(N)sc3c2)C1. The Hall–Kier alpha value is -1.66. The van der Waals surface area contributed by atoms with Crippen molar-refractivity contribution in [3.8, 4) is 0 Å². The average molecular weight is 291 g/mol. The standard InChI is InChI=1S/C14H17N3O2S/c1-19-10-3-2-6-17(8-10)13(18)9-4-5-11-12(7-9)20-14(15)16-11/h4-5,7,10H,2-3,6,8H2,1H3,(H2,15,16). The largest absolute Gasteiger partial charge is 0.380 e. The highest BCUT2D eigenvalue weighted by Crippen LogP contribution is 2.25. The molecule has 3 rings (SSSR count). The lowest BCUT2D eigenvalue weighted by Gasteiger charge is -2.32. The zero-order chi connectivity index (χ0) is 14.1. The summed E-state index contributed by atoms with van der Waals surface area (Å²) < 4.78 is 6.32. The number of carbonyl (C=O) groups excluding carboxylic acids is 1. The van der Waals surface area contributed by atoms with Crippen molar-refractivity contribution in [2.45, 2.75) is 18.9 Å². The molecule has 2 aromatic rings. The maximum absolute atomic E-state index is 12.5. The number of thiazole rings is 1. The van der Waals surface area contributed by atoms with E-state index in [0.29, 0.717) is 17.2 Å². The van der Waals surface area contributed by atoms with E-state index in [-0.39, 0.29) is 12.0 Å². The second-order valence-corrected chi connectivity index (χ2v) is 6.05. The predicted octanol–water partition coefficient (Wildman–Crippen LogP) is 2.13. The van der Waals surface area contributed by atoms with Crippen LogP contribution in [0.4, 0.5) is 5.13 Å². The zero-order valence-electron chi connectivity index (χ0n) is 11.3. The van der Waals surface area contributed by atoms with Gasteiger partial charge in [-0.3, -0.25) is 4.79 Å². The molecule has 1 unspecified atom stereocenters. The van der Waals surface area contributed by atoms with Crippen LogP contribution in [0.2, 0.25) is 0 Å². The van der Waals surface area contributed by atoms with Crippen LogP contribution in [0.1, 0.15) is 23.2 Å². The Kier molecular flexibility index (Phi) is 3.58. The molecule has 1 saturated heterocycles. The van der Waals surface area contributed by atoms with E-state index in [0.717, 1.165) is 29.6 Å². The van der Waals surface area contributed by atoms with Crippen LogP contribution in [-0.2, 0) is 4.74 Å². The monoisotopic (exact) mass is 291 g/mol. The third kappa shape index (κ3) is 2.48. The lowest BCUT2D eigenvalue weighted by atomic mass is 10.1. The Morgan fingerprint density at radius 3 is 3.20 bits per heavy atom. The number of benzene rings is 1. The first-order valence-corrected chi connectivity index (χ1v) is 7.47. The van der Waals surface area contributed by atoms with Gasteiger partial charge in [0.15, 0.2) is 5.13 Å². The first kappa shape index (κ1) is 13.3. The molecule has 0 saturated carbocycles. The van der Waals surface area contributed by atoms with E-state index in [2.05, 4.69) is 4.98 Å². The lowest BCUT2D eigenvalue weighted by Crippen LogP contribution is -2.42. The molecule has 0 bridgehead atoms. The summed E-state index contributed by atoms with van der Waals surface area (Å²) in [5, 5.41) is 0.530. The summed E-state index contributed by atoms with van der Waals surface area (Å²) in [6, 6.07) is 5.55. The predicted molar refractivity (Wildman–Crippen MR) is 80.0 cm³/mol. The summed E-state index contributed by atoms with van der Waals surface area (Å²) in [6.07, 6.45) is 2.15. The third-order valence-corrected chi connectivity index (χ3v) is 4.50. The third-order valence-electron chi connectivity index (χ3n) is 3.65. The number of hydrogen-bond acceptors (Lipinski definition) is 5. The van der Waals surface area contributed by atoms with Crippen LogP contribution in [0.5, 0.6) is 0 Å². The number of anilines is 1. The van der Waals surface area contributed by atoms with Crippen molar-refractivity contribution in [2.75, 3.05) is 25.9 Å². The van der Waals surface area contributed by atoms with Gasteiger partial charge in [-0.15, -0.1) is 0 Å². The molecule has 0 spiro atoms. The summed E-state index contributed by atoms with van der Waals surface area (Å²) in [5.74, 6) is 0.0561. The molecule has 1 aliphatic heterocycles. The maximum Gasteiger partial charge on any atom is 0.253 e. The van der Waals surface area contributed by atoms with Crippen LogP contribution >= 0.6 is 11.3 Å². The molecule has 1 amide bonds. The number of amides is 1. The maximum atomic E-state index is 12.5. The van der Waals surface area contributed by atoms with Gasteiger partial charge in [0.1, 0.15) is 0 Å². The van der Waals surface area contributed by atoms with Crippen molar-refractivity contribution >= 4 is 32.6 Å². The van der Waals surface area contributed by atoms with E-state index in [1.165, 1.54) is 11.3 Å². The minimum Gasteiger partial charge on any atom is -0.380 e. The molecule has 106 valence electrons. The molecule has 1 fully saturated rings. The fourth-order valence-corrected chi connectivity index (χ4v) is 3.35. The van der Waals surface area contributed by atoms with Gasteiger partial charge in [0.25, 0.3) is 5.91 Å². The Morgan fingerprint density at radius 2 is 2.40 bits per heavy atom. The molecule has 1 atom stereocenters. The van der Waals surface area contributed by atoms with Crippen molar-refractivity contribution < 1.29 is 9.53 Å². The molecule has 6 heteroatoms. The molecule has 1 aromatic carbocycles. The van der Waals surface area contributed by atoms with Crippen LogP contribution in [0, 0.1) is 0 Å². The highest BCUT2D eigenvalue weighted by molar-refractivity contribution is 7.22. The normalized spacial score (nSPS) is 19.4. The van der Waals surface area contributed by atoms with Gasteiger partial charge in [0, 0.05) is 25.8 Å². The summed E-state index contributed by atoms with van der Waals surface area (Å²) >= 11 is 1.41. The van der Waals surface area contributed by atoms with Crippen LogP contribution in [0.25, 0.3) is 10.2 Å². The Balaban J connectivity index is 1.84. The number of nitrogens with two attached hydrogens (primary N) is 1. The number of ether oxygens (including phenoxy) is 1. The van der Waals surface area contributed by atoms with E-state index in [1.807, 2.05) is 23.1 Å². The number of rotatable bonds is 2. The number of methoxy groups -OCH3 is 1. The van der Waals surface area contributed by atoms with Crippen molar-refractivity contribution in [1.82, 2.24) is 9.88 Å². The molecule has 2 heterocycles. The van der Waals surface area contributed by atoms with Crippen molar-refractivity contribution in [3.05, 3.63) is 23.8 Å². The number of hydrogen-bond donors (Lipinski definition) is 1. The Labute approximate surface area is 121 Å². The summed E-state index contributed by atoms with van der Waals surface area (Å²) in [7, 11) is 1.70. The van der Waals surface area contributed by atoms with E-state index in [1.54, 1.807) is 7.11 Å². The van der Waals surface area contributed by atoms with Crippen LogP contribution in [0.15, 0.2) is 18.2 Å². The van der Waals surface area contributed by atoms with Crippen molar-refractivity contribution in [1.29, 1.82) is 0 Å². The zero-order valence-corrected chi connectivity index (χ0v) is 12.2. The molecule has 2 N–H and O–H groups in total. The van der Waals surface area contributed by atoms with Gasteiger partial charge in [-0.25, -0.2) is 4.98 Å². The molecular formula is C14H17N3O2S. The van der Waals surface area contributed by atoms with E-state index in [9.17, 15) is 4.79 Å². The number of fused-ring (bicyclic) bond motifs is 1. The number of piperidine rings is 1. The smallest absolute Gasteiger partial charge is 0.253 e. The quantitative estimate of drug-likeness (QED) is 0.920. The second kappa shape index (κ2) is 5.38. The topological polar surface area (TPSA) is 68.5 Å². The fourth-order valence-electron chi connectivity index (χ4n) is 2.57. The molecule has 20 heavy (non-hydrogen) atoms. The highest BCUT2D eigenvalue weighted by atomic mass is 32.1. The van der Waals surface area contributed by atoms with E-state index >= 15 is 0 Å². The van der Waals surface area contributed by atoms with Crippen LogP contribution in [-0.4, -0.2) is 42.1 Å². The number of carbonyl (C=O) groups is 1. The molecule has 1 aliphatic rings. The molecule has 0 radical (unpaired) electrons.